The van der Waals surface area contributed by atoms with Gasteiger partial charge in [-0.3, -0.25) is 14.9 Å². The number of thiazole rings is 1. The summed E-state index contributed by atoms with van der Waals surface area (Å²) in [5, 5.41) is 16.5. The van der Waals surface area contributed by atoms with Crippen molar-refractivity contribution in [1.82, 2.24) is 10.3 Å². The molecule has 0 radical (unpaired) electrons. The molecule has 3 aromatic rings. The highest BCUT2D eigenvalue weighted by Crippen LogP contribution is 2.25. The van der Waals surface area contributed by atoms with Crippen molar-refractivity contribution < 1.29 is 14.5 Å². The van der Waals surface area contributed by atoms with Crippen LogP contribution in [-0.4, -0.2) is 22.4 Å². The topological polar surface area (TPSA) is 94.4 Å². The first kappa shape index (κ1) is 18.5. The average molecular weight is 383 g/mol. The molecule has 1 amide bonds. The fraction of sp³-hybridized carbons (Fsp3) is 0.158. The van der Waals surface area contributed by atoms with Gasteiger partial charge in [0.05, 0.1) is 22.2 Å². The van der Waals surface area contributed by atoms with Crippen LogP contribution >= 0.6 is 11.3 Å². The number of carbonyl (C=O) groups is 1. The minimum absolute atomic E-state index is 0.0662. The largest absolute Gasteiger partial charge is 0.477 e. The number of hydrogen-bond acceptors (Lipinski definition) is 6. The third-order valence-corrected chi connectivity index (χ3v) is 4.58. The number of aromatic nitrogens is 1. The summed E-state index contributed by atoms with van der Waals surface area (Å²) in [6.45, 7) is -0.0176. The molecule has 0 aliphatic carbocycles. The van der Waals surface area contributed by atoms with Gasteiger partial charge in [-0.1, -0.05) is 42.5 Å². The predicted molar refractivity (Wildman–Crippen MR) is 102 cm³/mol. The zero-order valence-corrected chi connectivity index (χ0v) is 15.1. The number of nitro groups is 1. The molecule has 0 spiro atoms. The second-order valence-corrected chi connectivity index (χ2v) is 6.63. The second kappa shape index (κ2) is 8.91. The summed E-state index contributed by atoms with van der Waals surface area (Å²) in [5.41, 5.74) is 1.78. The molecule has 0 fully saturated rings. The van der Waals surface area contributed by atoms with Crippen molar-refractivity contribution in [2.45, 2.75) is 13.0 Å². The van der Waals surface area contributed by atoms with Gasteiger partial charge >= 0.3 is 5.69 Å². The van der Waals surface area contributed by atoms with Crippen molar-refractivity contribution in [2.75, 3.05) is 6.61 Å². The van der Waals surface area contributed by atoms with Crippen molar-refractivity contribution >= 4 is 22.9 Å². The van der Waals surface area contributed by atoms with Gasteiger partial charge in [0, 0.05) is 17.9 Å². The first-order valence-corrected chi connectivity index (χ1v) is 9.10. The molecule has 0 bridgehead atoms. The summed E-state index contributed by atoms with van der Waals surface area (Å²) in [4.78, 5) is 26.8. The van der Waals surface area contributed by atoms with Gasteiger partial charge in [-0.2, -0.15) is 0 Å². The Morgan fingerprint density at radius 3 is 2.67 bits per heavy atom. The highest BCUT2D eigenvalue weighted by molar-refractivity contribution is 7.09. The molecule has 3 rings (SSSR count). The minimum Gasteiger partial charge on any atom is -0.477 e. The van der Waals surface area contributed by atoms with E-state index in [1.54, 1.807) is 23.5 Å². The van der Waals surface area contributed by atoms with E-state index >= 15 is 0 Å². The van der Waals surface area contributed by atoms with Crippen LogP contribution in [0.25, 0.3) is 0 Å². The maximum absolute atomic E-state index is 11.9. The van der Waals surface area contributed by atoms with E-state index in [1.807, 2.05) is 35.7 Å². The number of ether oxygens (including phenoxy) is 1. The van der Waals surface area contributed by atoms with Crippen LogP contribution in [0.5, 0.6) is 5.75 Å². The van der Waals surface area contributed by atoms with E-state index in [2.05, 4.69) is 10.3 Å². The fourth-order valence-corrected chi connectivity index (χ4v) is 3.22. The quantitative estimate of drug-likeness (QED) is 0.476. The van der Waals surface area contributed by atoms with Crippen molar-refractivity contribution in [2.24, 2.45) is 0 Å². The van der Waals surface area contributed by atoms with Crippen molar-refractivity contribution in [3.05, 3.63) is 86.4 Å². The molecule has 0 atom stereocenters. The summed E-state index contributed by atoms with van der Waals surface area (Å²) < 4.78 is 5.26. The van der Waals surface area contributed by atoms with Gasteiger partial charge in [-0.15, -0.1) is 11.3 Å². The highest BCUT2D eigenvalue weighted by Gasteiger charge is 2.15. The molecular formula is C19H17N3O4S. The molecule has 2 aromatic carbocycles. The molecule has 0 unspecified atom stereocenters. The van der Waals surface area contributed by atoms with E-state index < -0.39 is 4.92 Å². The Labute approximate surface area is 159 Å². The van der Waals surface area contributed by atoms with Gasteiger partial charge in [0.25, 0.3) is 5.91 Å². The standard InChI is InChI=1S/C19H17N3O4S/c23-18(12-26-17-9-5-4-8-16(17)22(24)25)20-11-15-13-27-19(21-15)10-14-6-2-1-3-7-14/h1-9,13H,10-12H2,(H,20,23). The molecule has 8 heteroatoms. The van der Waals surface area contributed by atoms with E-state index in [0.29, 0.717) is 0 Å². The number of nitrogens with zero attached hydrogens (tertiary/aromatic N) is 2. The summed E-state index contributed by atoms with van der Waals surface area (Å²) in [6, 6.07) is 16.0. The Kier molecular flexibility index (Phi) is 6.11. The van der Waals surface area contributed by atoms with Crippen LogP contribution < -0.4 is 10.1 Å². The van der Waals surface area contributed by atoms with Gasteiger partial charge in [-0.25, -0.2) is 4.98 Å². The Morgan fingerprint density at radius 2 is 1.89 bits per heavy atom. The van der Waals surface area contributed by atoms with E-state index in [-0.39, 0.29) is 30.5 Å². The van der Waals surface area contributed by atoms with Crippen LogP contribution in [0.4, 0.5) is 5.69 Å². The normalized spacial score (nSPS) is 10.4. The summed E-state index contributed by atoms with van der Waals surface area (Å²) in [6.07, 6.45) is 0.750. The molecular weight excluding hydrogens is 366 g/mol. The number of para-hydroxylation sites is 2. The lowest BCUT2D eigenvalue weighted by Crippen LogP contribution is -2.28. The second-order valence-electron chi connectivity index (χ2n) is 5.69. The van der Waals surface area contributed by atoms with Crippen LogP contribution in [0.15, 0.2) is 60.0 Å². The van der Waals surface area contributed by atoms with E-state index in [9.17, 15) is 14.9 Å². The molecule has 1 heterocycles. The molecule has 0 aliphatic heterocycles. The Hall–Kier alpha value is -3.26. The smallest absolute Gasteiger partial charge is 0.310 e. The van der Waals surface area contributed by atoms with Gasteiger partial charge < -0.3 is 10.1 Å². The molecule has 0 saturated carbocycles. The summed E-state index contributed by atoms with van der Waals surface area (Å²) in [7, 11) is 0. The third-order valence-electron chi connectivity index (χ3n) is 3.68. The number of nitro benzene ring substituents is 1. The lowest BCUT2D eigenvalue weighted by atomic mass is 10.2. The van der Waals surface area contributed by atoms with Crippen LogP contribution in [0.3, 0.4) is 0 Å². The lowest BCUT2D eigenvalue weighted by molar-refractivity contribution is -0.385. The van der Waals surface area contributed by atoms with Crippen molar-refractivity contribution in [3.8, 4) is 5.75 Å². The van der Waals surface area contributed by atoms with E-state index in [0.717, 1.165) is 17.1 Å². The van der Waals surface area contributed by atoms with Crippen molar-refractivity contribution in [3.63, 3.8) is 0 Å². The van der Waals surface area contributed by atoms with Crippen LogP contribution in [0.1, 0.15) is 16.3 Å². The van der Waals surface area contributed by atoms with E-state index in [1.165, 1.54) is 17.7 Å². The molecule has 138 valence electrons. The number of amides is 1. The zero-order valence-electron chi connectivity index (χ0n) is 14.3. The Bertz CT molecular complexity index is 927. The summed E-state index contributed by atoms with van der Waals surface area (Å²) >= 11 is 1.54. The van der Waals surface area contributed by atoms with Crippen LogP contribution in [-0.2, 0) is 17.8 Å². The molecule has 0 aliphatic rings. The monoisotopic (exact) mass is 383 g/mol. The Balaban J connectivity index is 1.48. The Morgan fingerprint density at radius 1 is 1.15 bits per heavy atom. The third kappa shape index (κ3) is 5.35. The van der Waals surface area contributed by atoms with Gasteiger partial charge in [0.2, 0.25) is 0 Å². The molecule has 27 heavy (non-hydrogen) atoms. The average Bonchev–Trinajstić information content (AvgIpc) is 3.13. The first-order chi connectivity index (χ1) is 13.1. The molecule has 0 saturated heterocycles. The number of carbonyl (C=O) groups excluding carboxylic acids is 1. The molecule has 1 aromatic heterocycles. The maximum atomic E-state index is 11.9. The number of hydrogen-bond donors (Lipinski definition) is 1. The number of rotatable bonds is 8. The fourth-order valence-electron chi connectivity index (χ4n) is 2.40. The van der Waals surface area contributed by atoms with Crippen LogP contribution in [0, 0.1) is 10.1 Å². The first-order valence-electron chi connectivity index (χ1n) is 8.22. The van der Waals surface area contributed by atoms with Crippen molar-refractivity contribution in [1.29, 1.82) is 0 Å². The lowest BCUT2D eigenvalue weighted by Gasteiger charge is -2.07. The molecule has 7 nitrogen and oxygen atoms in total. The van der Waals surface area contributed by atoms with E-state index in [4.69, 9.17) is 4.74 Å². The molecule has 1 N–H and O–H groups in total. The predicted octanol–water partition coefficient (Wildman–Crippen LogP) is 3.34. The number of nitrogens with one attached hydrogen (secondary N) is 1. The minimum atomic E-state index is -0.545. The highest BCUT2D eigenvalue weighted by atomic mass is 32.1. The summed E-state index contributed by atoms with van der Waals surface area (Å²) in [5.74, 6) is -0.304. The SMILES string of the molecule is O=C(COc1ccccc1[N+](=O)[O-])NCc1csc(Cc2ccccc2)n1. The number of benzene rings is 2. The van der Waals surface area contributed by atoms with Gasteiger partial charge in [0.1, 0.15) is 0 Å². The van der Waals surface area contributed by atoms with Gasteiger partial charge in [0.15, 0.2) is 12.4 Å². The maximum Gasteiger partial charge on any atom is 0.310 e. The van der Waals surface area contributed by atoms with Gasteiger partial charge in [-0.05, 0) is 11.6 Å². The van der Waals surface area contributed by atoms with Crippen LogP contribution in [0.2, 0.25) is 0 Å². The zero-order chi connectivity index (χ0) is 19.1.